The molecule has 1 unspecified atom stereocenters. The number of hydrogen-bond donors (Lipinski definition) is 0. The van der Waals surface area contributed by atoms with Crippen molar-refractivity contribution >= 4 is 11.5 Å². The highest BCUT2D eigenvalue weighted by atomic mass is 16.5. The first-order valence-corrected chi connectivity index (χ1v) is 7.37. The lowest BCUT2D eigenvalue weighted by molar-refractivity contribution is -0.145. The number of nitrogens with zero attached hydrogens (tertiary/aromatic N) is 1. The summed E-state index contributed by atoms with van der Waals surface area (Å²) in [7, 11) is 0. The van der Waals surface area contributed by atoms with E-state index in [-0.39, 0.29) is 18.5 Å². The van der Waals surface area contributed by atoms with Crippen LogP contribution < -0.4 is 0 Å². The number of carbonyl (C=O) groups excluding carboxylic acids is 1. The van der Waals surface area contributed by atoms with E-state index < -0.39 is 0 Å². The number of hydrogen-bond acceptors (Lipinski definition) is 3. The van der Waals surface area contributed by atoms with Gasteiger partial charge in [-0.1, -0.05) is 49.4 Å². The van der Waals surface area contributed by atoms with Crippen LogP contribution in [0.3, 0.4) is 0 Å². The summed E-state index contributed by atoms with van der Waals surface area (Å²) in [5, 5.41) is 0. The zero-order valence-corrected chi connectivity index (χ0v) is 13.1. The van der Waals surface area contributed by atoms with Crippen molar-refractivity contribution in [1.82, 2.24) is 4.98 Å². The van der Waals surface area contributed by atoms with E-state index >= 15 is 0 Å². The zero-order chi connectivity index (χ0) is 15.9. The second-order valence-electron chi connectivity index (χ2n) is 5.49. The maximum Gasteiger partial charge on any atom is 0.306 e. The molecule has 0 bridgehead atoms. The van der Waals surface area contributed by atoms with Gasteiger partial charge in [-0.2, -0.15) is 0 Å². The molecule has 0 saturated carbocycles. The normalized spacial score (nSPS) is 11.7. The minimum Gasteiger partial charge on any atom is -0.459 e. The second kappa shape index (κ2) is 7.55. The molecule has 0 aliphatic heterocycles. The Hall–Kier alpha value is -2.42. The van der Waals surface area contributed by atoms with Gasteiger partial charge < -0.3 is 4.74 Å². The van der Waals surface area contributed by atoms with Crippen LogP contribution in [0.4, 0.5) is 0 Å². The predicted octanol–water partition coefficient (Wildman–Crippen LogP) is 4.35. The topological polar surface area (TPSA) is 39.2 Å². The van der Waals surface area contributed by atoms with Gasteiger partial charge in [0, 0.05) is 6.20 Å². The highest BCUT2D eigenvalue weighted by Crippen LogP contribution is 2.23. The molecule has 0 spiro atoms. The molecular weight excluding hydrogens is 274 g/mol. The molecule has 2 rings (SSSR count). The third kappa shape index (κ3) is 4.55. The highest BCUT2D eigenvalue weighted by molar-refractivity contribution is 5.70. The molecule has 114 valence electrons. The van der Waals surface area contributed by atoms with Gasteiger partial charge in [-0.3, -0.25) is 9.78 Å². The third-order valence-corrected chi connectivity index (χ3v) is 3.53. The molecule has 1 heterocycles. The molecule has 1 aromatic carbocycles. The Labute approximate surface area is 131 Å². The Morgan fingerprint density at radius 1 is 1.27 bits per heavy atom. The number of pyridine rings is 1. The van der Waals surface area contributed by atoms with Gasteiger partial charge in [-0.05, 0) is 36.1 Å². The summed E-state index contributed by atoms with van der Waals surface area (Å²) in [6, 6.07) is 13.7. The van der Waals surface area contributed by atoms with E-state index in [1.54, 1.807) is 6.20 Å². The Morgan fingerprint density at radius 2 is 2.09 bits per heavy atom. The molecule has 2 aromatic rings. The molecule has 0 radical (unpaired) electrons. The molecule has 0 aliphatic rings. The maximum atomic E-state index is 12.0. The van der Waals surface area contributed by atoms with Crippen LogP contribution in [-0.2, 0) is 16.1 Å². The monoisotopic (exact) mass is 295 g/mol. The van der Waals surface area contributed by atoms with Gasteiger partial charge in [-0.25, -0.2) is 0 Å². The minimum atomic E-state index is -0.209. The number of rotatable bonds is 6. The first kappa shape index (κ1) is 16.0. The van der Waals surface area contributed by atoms with Gasteiger partial charge in [0.05, 0.1) is 12.1 Å². The van der Waals surface area contributed by atoms with Crippen LogP contribution >= 0.6 is 0 Å². The Bertz CT molecular complexity index is 649. The van der Waals surface area contributed by atoms with Gasteiger partial charge in [0.15, 0.2) is 0 Å². The van der Waals surface area contributed by atoms with Crippen molar-refractivity contribution < 1.29 is 9.53 Å². The molecule has 3 nitrogen and oxygen atoms in total. The van der Waals surface area contributed by atoms with E-state index in [9.17, 15) is 4.79 Å². The first-order valence-electron chi connectivity index (χ1n) is 7.37. The van der Waals surface area contributed by atoms with Crippen molar-refractivity contribution in [3.8, 4) is 0 Å². The molecule has 1 aromatic heterocycles. The standard InChI is InChI=1S/C19H21NO2/c1-14(2)16-7-6-8-17(12-16)15(3)11-19(21)22-13-18-9-4-5-10-20-18/h4-10,12,15H,1,11,13H2,2-3H3. The number of aromatic nitrogens is 1. The summed E-state index contributed by atoms with van der Waals surface area (Å²) in [6.07, 6.45) is 2.04. The Morgan fingerprint density at radius 3 is 2.77 bits per heavy atom. The summed E-state index contributed by atoms with van der Waals surface area (Å²) in [5.74, 6) is -0.102. The molecule has 3 heteroatoms. The number of allylic oxidation sites excluding steroid dienone is 1. The van der Waals surface area contributed by atoms with Crippen molar-refractivity contribution in [2.24, 2.45) is 0 Å². The fourth-order valence-electron chi connectivity index (χ4n) is 2.18. The van der Waals surface area contributed by atoms with Crippen LogP contribution in [0.1, 0.15) is 43.0 Å². The van der Waals surface area contributed by atoms with Crippen LogP contribution in [0.2, 0.25) is 0 Å². The summed E-state index contributed by atoms with van der Waals surface area (Å²) in [4.78, 5) is 16.1. The number of benzene rings is 1. The van der Waals surface area contributed by atoms with Crippen molar-refractivity contribution in [3.05, 3.63) is 72.1 Å². The molecule has 0 amide bonds. The summed E-state index contributed by atoms with van der Waals surface area (Å²) in [6.45, 7) is 8.18. The molecule has 22 heavy (non-hydrogen) atoms. The van der Waals surface area contributed by atoms with Crippen LogP contribution in [0, 0.1) is 0 Å². The molecule has 1 atom stereocenters. The summed E-state index contributed by atoms with van der Waals surface area (Å²) < 4.78 is 5.28. The van der Waals surface area contributed by atoms with Crippen LogP contribution in [-0.4, -0.2) is 11.0 Å². The largest absolute Gasteiger partial charge is 0.459 e. The summed E-state index contributed by atoms with van der Waals surface area (Å²) >= 11 is 0. The number of ether oxygens (including phenoxy) is 1. The van der Waals surface area contributed by atoms with E-state index in [0.717, 1.165) is 22.4 Å². The second-order valence-corrected chi connectivity index (χ2v) is 5.49. The van der Waals surface area contributed by atoms with Gasteiger partial charge in [0.1, 0.15) is 6.61 Å². The molecule has 0 fully saturated rings. The minimum absolute atomic E-state index is 0.107. The van der Waals surface area contributed by atoms with Crippen LogP contribution in [0.5, 0.6) is 0 Å². The van der Waals surface area contributed by atoms with Crippen molar-refractivity contribution in [2.75, 3.05) is 0 Å². The van der Waals surface area contributed by atoms with Crippen LogP contribution in [0.25, 0.3) is 5.57 Å². The average molecular weight is 295 g/mol. The number of esters is 1. The quantitative estimate of drug-likeness (QED) is 0.744. The van der Waals surface area contributed by atoms with Crippen molar-refractivity contribution in [2.45, 2.75) is 32.8 Å². The zero-order valence-electron chi connectivity index (χ0n) is 13.1. The fourth-order valence-corrected chi connectivity index (χ4v) is 2.18. The first-order chi connectivity index (χ1) is 10.6. The highest BCUT2D eigenvalue weighted by Gasteiger charge is 2.13. The van der Waals surface area contributed by atoms with Gasteiger partial charge >= 0.3 is 5.97 Å². The maximum absolute atomic E-state index is 12.0. The lowest BCUT2D eigenvalue weighted by Gasteiger charge is -2.13. The molecular formula is C19H21NO2. The molecule has 0 saturated heterocycles. The van der Waals surface area contributed by atoms with Gasteiger partial charge in [-0.15, -0.1) is 0 Å². The van der Waals surface area contributed by atoms with E-state index in [1.165, 1.54) is 0 Å². The summed E-state index contributed by atoms with van der Waals surface area (Å²) in [5.41, 5.74) is 4.00. The van der Waals surface area contributed by atoms with E-state index in [2.05, 4.69) is 17.6 Å². The fraction of sp³-hybridized carbons (Fsp3) is 0.263. The number of carbonyl (C=O) groups is 1. The van der Waals surface area contributed by atoms with Gasteiger partial charge in [0.2, 0.25) is 0 Å². The van der Waals surface area contributed by atoms with Crippen molar-refractivity contribution in [1.29, 1.82) is 0 Å². The third-order valence-electron chi connectivity index (χ3n) is 3.53. The van der Waals surface area contributed by atoms with E-state index in [0.29, 0.717) is 6.42 Å². The van der Waals surface area contributed by atoms with E-state index in [1.807, 2.05) is 50.2 Å². The average Bonchev–Trinajstić information content (AvgIpc) is 2.54. The SMILES string of the molecule is C=C(C)c1cccc(C(C)CC(=O)OCc2ccccn2)c1. The lowest BCUT2D eigenvalue weighted by Crippen LogP contribution is -2.09. The predicted molar refractivity (Wildman–Crippen MR) is 88.2 cm³/mol. The van der Waals surface area contributed by atoms with Crippen LogP contribution in [0.15, 0.2) is 55.2 Å². The van der Waals surface area contributed by atoms with Crippen molar-refractivity contribution in [3.63, 3.8) is 0 Å². The smallest absolute Gasteiger partial charge is 0.306 e. The molecule has 0 aliphatic carbocycles. The lowest BCUT2D eigenvalue weighted by atomic mass is 9.95. The Kier molecular flexibility index (Phi) is 5.48. The Balaban J connectivity index is 1.91. The van der Waals surface area contributed by atoms with E-state index in [4.69, 9.17) is 4.74 Å². The van der Waals surface area contributed by atoms with Gasteiger partial charge in [0.25, 0.3) is 0 Å². The molecule has 0 N–H and O–H groups in total.